The molecule has 0 saturated heterocycles. The average Bonchev–Trinajstić information content (AvgIpc) is 2.33. The highest BCUT2D eigenvalue weighted by Crippen LogP contribution is 2.02. The summed E-state index contributed by atoms with van der Waals surface area (Å²) < 4.78 is 0. The van der Waals surface area contributed by atoms with E-state index in [0.29, 0.717) is 0 Å². The zero-order valence-electron chi connectivity index (χ0n) is 11.2. The standard InChI is InChI=1S/C11H21N3O5/c1-5(2)8(11(18)19)14-9(16)6(3)13-10(17)7(12)4-15/h5-8,15H,4,12H2,1-3H3,(H,13,17)(H,14,16)(H,18,19)/t6-,7-,8-/m0/s1. The van der Waals surface area contributed by atoms with Gasteiger partial charge in [0.2, 0.25) is 11.8 Å². The number of nitrogens with one attached hydrogen (secondary N) is 2. The van der Waals surface area contributed by atoms with Gasteiger partial charge in [0.15, 0.2) is 0 Å². The predicted octanol–water partition coefficient (Wildman–Crippen LogP) is -1.96. The van der Waals surface area contributed by atoms with Crippen LogP contribution in [-0.4, -0.2) is 52.7 Å². The van der Waals surface area contributed by atoms with Gasteiger partial charge in [-0.2, -0.15) is 0 Å². The zero-order valence-corrected chi connectivity index (χ0v) is 11.2. The first-order valence-electron chi connectivity index (χ1n) is 5.90. The molecule has 0 aromatic heterocycles. The minimum absolute atomic E-state index is 0.288. The van der Waals surface area contributed by atoms with E-state index < -0.39 is 42.5 Å². The largest absolute Gasteiger partial charge is 0.480 e. The molecule has 6 N–H and O–H groups in total. The van der Waals surface area contributed by atoms with Gasteiger partial charge in [-0.25, -0.2) is 4.79 Å². The summed E-state index contributed by atoms with van der Waals surface area (Å²) in [5, 5.41) is 22.2. The summed E-state index contributed by atoms with van der Waals surface area (Å²) in [6, 6.07) is -3.08. The molecule has 2 amide bonds. The van der Waals surface area contributed by atoms with E-state index in [4.69, 9.17) is 15.9 Å². The summed E-state index contributed by atoms with van der Waals surface area (Å²) in [5.41, 5.74) is 5.27. The quantitative estimate of drug-likeness (QED) is 0.365. The van der Waals surface area contributed by atoms with Crippen LogP contribution in [0.3, 0.4) is 0 Å². The molecule has 3 atom stereocenters. The maximum absolute atomic E-state index is 11.7. The Morgan fingerprint density at radius 2 is 1.63 bits per heavy atom. The number of aliphatic carboxylic acids is 1. The Morgan fingerprint density at radius 3 is 2.00 bits per heavy atom. The van der Waals surface area contributed by atoms with Crippen LogP contribution in [0.4, 0.5) is 0 Å². The van der Waals surface area contributed by atoms with Gasteiger partial charge >= 0.3 is 5.97 Å². The highest BCUT2D eigenvalue weighted by Gasteiger charge is 2.26. The SMILES string of the molecule is CC(C)[C@H](NC(=O)[C@H](C)NC(=O)[C@@H](N)CO)C(=O)O. The topological polar surface area (TPSA) is 142 Å². The van der Waals surface area contributed by atoms with Crippen molar-refractivity contribution in [3.05, 3.63) is 0 Å². The van der Waals surface area contributed by atoms with Crippen molar-refractivity contribution in [2.24, 2.45) is 11.7 Å². The Bertz CT molecular complexity index is 345. The lowest BCUT2D eigenvalue weighted by molar-refractivity contribution is -0.143. The van der Waals surface area contributed by atoms with Gasteiger partial charge in [0.1, 0.15) is 18.1 Å². The summed E-state index contributed by atoms with van der Waals surface area (Å²) in [6.07, 6.45) is 0. The second-order valence-electron chi connectivity index (χ2n) is 4.59. The fraction of sp³-hybridized carbons (Fsp3) is 0.727. The molecule has 0 aromatic rings. The van der Waals surface area contributed by atoms with E-state index in [1.54, 1.807) is 13.8 Å². The molecule has 19 heavy (non-hydrogen) atoms. The summed E-state index contributed by atoms with van der Waals surface area (Å²) in [7, 11) is 0. The van der Waals surface area contributed by atoms with E-state index in [0.717, 1.165) is 0 Å². The van der Waals surface area contributed by atoms with Crippen molar-refractivity contribution in [1.82, 2.24) is 10.6 Å². The maximum Gasteiger partial charge on any atom is 0.326 e. The number of rotatable bonds is 7. The zero-order chi connectivity index (χ0) is 15.2. The molecule has 0 spiro atoms. The third-order valence-electron chi connectivity index (χ3n) is 2.52. The van der Waals surface area contributed by atoms with E-state index in [9.17, 15) is 14.4 Å². The smallest absolute Gasteiger partial charge is 0.326 e. The number of carboxylic acids is 1. The van der Waals surface area contributed by atoms with Crippen LogP contribution >= 0.6 is 0 Å². The lowest BCUT2D eigenvalue weighted by atomic mass is 10.0. The van der Waals surface area contributed by atoms with Gasteiger partial charge in [-0.3, -0.25) is 9.59 Å². The molecule has 8 heteroatoms. The summed E-state index contributed by atoms with van der Waals surface area (Å²) in [6.45, 7) is 4.18. The van der Waals surface area contributed by atoms with Crippen molar-refractivity contribution in [3.8, 4) is 0 Å². The minimum Gasteiger partial charge on any atom is -0.480 e. The second-order valence-corrected chi connectivity index (χ2v) is 4.59. The van der Waals surface area contributed by atoms with Crippen LogP contribution in [0.1, 0.15) is 20.8 Å². The average molecular weight is 275 g/mol. The molecule has 0 aliphatic carbocycles. The third kappa shape index (κ3) is 5.66. The first-order chi connectivity index (χ1) is 8.70. The molecule has 0 bridgehead atoms. The van der Waals surface area contributed by atoms with Crippen LogP contribution in [0.2, 0.25) is 0 Å². The van der Waals surface area contributed by atoms with Crippen molar-refractivity contribution in [2.75, 3.05) is 6.61 Å². The Balaban J connectivity index is 4.49. The van der Waals surface area contributed by atoms with Crippen molar-refractivity contribution < 1.29 is 24.6 Å². The maximum atomic E-state index is 11.7. The molecular weight excluding hydrogens is 254 g/mol. The first kappa shape index (κ1) is 17.3. The number of nitrogens with two attached hydrogens (primary N) is 1. The molecule has 110 valence electrons. The second kappa shape index (κ2) is 7.70. The number of carbonyl (C=O) groups is 3. The first-order valence-corrected chi connectivity index (χ1v) is 5.90. The molecule has 0 aromatic carbocycles. The molecule has 0 heterocycles. The predicted molar refractivity (Wildman–Crippen MR) is 67.1 cm³/mol. The normalized spacial score (nSPS) is 15.5. The van der Waals surface area contributed by atoms with Gasteiger partial charge in [-0.15, -0.1) is 0 Å². The Hall–Kier alpha value is -1.67. The molecule has 0 aliphatic rings. The number of aliphatic hydroxyl groups excluding tert-OH is 1. The number of carbonyl (C=O) groups excluding carboxylic acids is 2. The molecule has 0 radical (unpaired) electrons. The lowest BCUT2D eigenvalue weighted by Crippen LogP contribution is -2.54. The third-order valence-corrected chi connectivity index (χ3v) is 2.52. The van der Waals surface area contributed by atoms with Crippen molar-refractivity contribution >= 4 is 17.8 Å². The number of hydrogen-bond acceptors (Lipinski definition) is 5. The van der Waals surface area contributed by atoms with Gasteiger partial charge in [0.25, 0.3) is 0 Å². The van der Waals surface area contributed by atoms with Crippen LogP contribution in [0.25, 0.3) is 0 Å². The Morgan fingerprint density at radius 1 is 1.11 bits per heavy atom. The Kier molecular flexibility index (Phi) is 7.02. The van der Waals surface area contributed by atoms with E-state index in [1.165, 1.54) is 6.92 Å². The van der Waals surface area contributed by atoms with Crippen LogP contribution in [0.15, 0.2) is 0 Å². The highest BCUT2D eigenvalue weighted by molar-refractivity contribution is 5.91. The molecule has 0 fully saturated rings. The van der Waals surface area contributed by atoms with E-state index in [-0.39, 0.29) is 5.92 Å². The van der Waals surface area contributed by atoms with Crippen molar-refractivity contribution in [2.45, 2.75) is 38.9 Å². The summed E-state index contributed by atoms with van der Waals surface area (Å²) >= 11 is 0. The van der Waals surface area contributed by atoms with Crippen LogP contribution in [0, 0.1) is 5.92 Å². The van der Waals surface area contributed by atoms with Gasteiger partial charge < -0.3 is 26.6 Å². The monoisotopic (exact) mass is 275 g/mol. The van der Waals surface area contributed by atoms with Crippen LogP contribution in [-0.2, 0) is 14.4 Å². The fourth-order valence-electron chi connectivity index (χ4n) is 1.26. The molecular formula is C11H21N3O5. The summed E-state index contributed by atoms with van der Waals surface area (Å²) in [5.74, 6) is -2.74. The van der Waals surface area contributed by atoms with Crippen LogP contribution in [0.5, 0.6) is 0 Å². The van der Waals surface area contributed by atoms with Crippen LogP contribution < -0.4 is 16.4 Å². The lowest BCUT2D eigenvalue weighted by Gasteiger charge is -2.21. The molecule has 0 saturated carbocycles. The van der Waals surface area contributed by atoms with Crippen molar-refractivity contribution in [1.29, 1.82) is 0 Å². The fourth-order valence-corrected chi connectivity index (χ4v) is 1.26. The van der Waals surface area contributed by atoms with Gasteiger partial charge in [-0.1, -0.05) is 13.8 Å². The number of amides is 2. The number of hydrogen-bond donors (Lipinski definition) is 5. The van der Waals surface area contributed by atoms with E-state index in [1.807, 2.05) is 0 Å². The van der Waals surface area contributed by atoms with Gasteiger partial charge in [0.05, 0.1) is 6.61 Å². The molecule has 0 unspecified atom stereocenters. The molecule has 8 nitrogen and oxygen atoms in total. The molecule has 0 aliphatic heterocycles. The summed E-state index contributed by atoms with van der Waals surface area (Å²) in [4.78, 5) is 34.0. The van der Waals surface area contributed by atoms with Gasteiger partial charge in [0, 0.05) is 0 Å². The van der Waals surface area contributed by atoms with Crippen molar-refractivity contribution in [3.63, 3.8) is 0 Å². The van der Waals surface area contributed by atoms with E-state index >= 15 is 0 Å². The van der Waals surface area contributed by atoms with E-state index in [2.05, 4.69) is 10.6 Å². The Labute approximate surface area is 111 Å². The number of aliphatic hydroxyl groups is 1. The molecule has 0 rings (SSSR count). The number of carboxylic acid groups (broad SMARTS) is 1. The highest BCUT2D eigenvalue weighted by atomic mass is 16.4. The minimum atomic E-state index is -1.14. The van der Waals surface area contributed by atoms with Gasteiger partial charge in [-0.05, 0) is 12.8 Å².